The van der Waals surface area contributed by atoms with Crippen LogP contribution in [0.4, 0.5) is 5.69 Å². The molecule has 1 aliphatic carbocycles. The van der Waals surface area contributed by atoms with E-state index < -0.39 is 9.57 Å². The molecule has 0 saturated carbocycles. The Morgan fingerprint density at radius 3 is 2.77 bits per heavy atom. The Balaban J connectivity index is 1.69. The maximum Gasteiger partial charge on any atom is 0.346 e. The molecule has 6 heteroatoms. The summed E-state index contributed by atoms with van der Waals surface area (Å²) < 4.78 is -0.438. The summed E-state index contributed by atoms with van der Waals surface area (Å²) >= 11 is 0. The number of fused-ring (bicyclic) bond motifs is 1. The van der Waals surface area contributed by atoms with Crippen LogP contribution in [0.1, 0.15) is 37.3 Å². The predicted molar refractivity (Wildman–Crippen MR) is 79.2 cm³/mol. The highest BCUT2D eigenvalue weighted by molar-refractivity contribution is 5.69. The summed E-state index contributed by atoms with van der Waals surface area (Å²) in [6, 6.07) is 4.89. The smallest absolute Gasteiger partial charge is 0.258 e. The summed E-state index contributed by atoms with van der Waals surface area (Å²) in [5.41, 5.74) is 2.15. The van der Waals surface area contributed by atoms with E-state index in [0.29, 0.717) is 19.4 Å². The van der Waals surface area contributed by atoms with Gasteiger partial charge in [0.15, 0.2) is 0 Å². The molecule has 3 atom stereocenters. The van der Waals surface area contributed by atoms with Crippen LogP contribution < -0.4 is 0 Å². The quantitative estimate of drug-likeness (QED) is 0.403. The van der Waals surface area contributed by atoms with Gasteiger partial charge in [0.25, 0.3) is 5.69 Å². The van der Waals surface area contributed by atoms with Crippen LogP contribution in [0.3, 0.4) is 0 Å². The van der Waals surface area contributed by atoms with Gasteiger partial charge in [-0.15, -0.1) is 4.65 Å². The van der Waals surface area contributed by atoms with Crippen molar-refractivity contribution in [3.8, 4) is 0 Å². The van der Waals surface area contributed by atoms with Gasteiger partial charge in [0.05, 0.1) is 11.3 Å². The Morgan fingerprint density at radius 1 is 1.41 bits per heavy atom. The molecule has 1 aromatic rings. The number of amides is 1. The van der Waals surface area contributed by atoms with Crippen LogP contribution in [0.25, 0.3) is 0 Å². The first-order chi connectivity index (χ1) is 10.4. The van der Waals surface area contributed by atoms with Gasteiger partial charge in [-0.2, -0.15) is 0 Å². The molecule has 118 valence electrons. The zero-order valence-electron chi connectivity index (χ0n) is 12.7. The summed E-state index contributed by atoms with van der Waals surface area (Å²) in [6.45, 7) is 2.42. The molecule has 0 bridgehead atoms. The molecule has 1 unspecified atom stereocenters. The Morgan fingerprint density at radius 2 is 2.14 bits per heavy atom. The van der Waals surface area contributed by atoms with E-state index in [1.807, 2.05) is 6.92 Å². The van der Waals surface area contributed by atoms with Crippen molar-refractivity contribution in [2.24, 2.45) is 5.92 Å². The number of non-ortho nitro benzene ring substituents is 1. The van der Waals surface area contributed by atoms with Crippen LogP contribution in [0.5, 0.6) is 0 Å². The summed E-state index contributed by atoms with van der Waals surface area (Å²) in [7, 11) is 0. The molecule has 3 rings (SSSR count). The van der Waals surface area contributed by atoms with Gasteiger partial charge in [-0.05, 0) is 36.8 Å². The third-order valence-corrected chi connectivity index (χ3v) is 5.16. The Bertz CT molecular complexity index is 631. The Hall–Kier alpha value is -1.79. The number of nitrogens with zero attached hydrogens (tertiary/aromatic N) is 2. The summed E-state index contributed by atoms with van der Waals surface area (Å²) in [5, 5.41) is 21.3. The third kappa shape index (κ3) is 2.53. The first-order valence-electron chi connectivity index (χ1n) is 7.80. The topological polar surface area (TPSA) is 80.4 Å². The largest absolute Gasteiger partial charge is 0.346 e. The number of quaternary nitrogens is 1. The second-order valence-electron chi connectivity index (χ2n) is 6.62. The minimum absolute atomic E-state index is 0.0302. The SMILES string of the molecule is CC1CCC[N@@+]1(O)C(=O)C[C@@H]1Cc2ccc([N+](=O)[O-])cc2C1. The van der Waals surface area contributed by atoms with E-state index in [2.05, 4.69) is 0 Å². The molecule has 1 aromatic carbocycles. The van der Waals surface area contributed by atoms with Crippen molar-refractivity contribution < 1.29 is 19.6 Å². The van der Waals surface area contributed by atoms with Crippen molar-refractivity contribution in [1.29, 1.82) is 0 Å². The van der Waals surface area contributed by atoms with Gasteiger partial charge in [0.1, 0.15) is 12.6 Å². The molecule has 6 nitrogen and oxygen atoms in total. The summed E-state index contributed by atoms with van der Waals surface area (Å²) in [6.07, 6.45) is 3.52. The molecule has 1 heterocycles. The molecule has 1 amide bonds. The first kappa shape index (κ1) is 15.1. The van der Waals surface area contributed by atoms with Crippen LogP contribution in [-0.2, 0) is 17.6 Å². The fourth-order valence-corrected chi connectivity index (χ4v) is 3.79. The predicted octanol–water partition coefficient (Wildman–Crippen LogP) is 2.61. The second kappa shape index (κ2) is 5.44. The molecule has 1 fully saturated rings. The highest BCUT2D eigenvalue weighted by Crippen LogP contribution is 2.34. The zero-order chi connectivity index (χ0) is 15.9. The van der Waals surface area contributed by atoms with Gasteiger partial charge in [-0.1, -0.05) is 6.07 Å². The van der Waals surface area contributed by atoms with Crippen LogP contribution in [0.2, 0.25) is 0 Å². The highest BCUT2D eigenvalue weighted by Gasteiger charge is 2.46. The number of rotatable bonds is 3. The number of hydroxylamine groups is 3. The average Bonchev–Trinajstić information content (AvgIpc) is 3.02. The molecule has 1 saturated heterocycles. The monoisotopic (exact) mass is 305 g/mol. The van der Waals surface area contributed by atoms with E-state index in [-0.39, 0.29) is 23.6 Å². The van der Waals surface area contributed by atoms with E-state index in [0.717, 1.165) is 30.4 Å². The molecule has 2 aliphatic rings. The van der Waals surface area contributed by atoms with Crippen LogP contribution >= 0.6 is 0 Å². The number of carbonyl (C=O) groups excluding carboxylic acids is 1. The van der Waals surface area contributed by atoms with Crippen molar-refractivity contribution >= 4 is 11.6 Å². The molecule has 1 N–H and O–H groups in total. The number of nitro groups is 1. The lowest BCUT2D eigenvalue weighted by Gasteiger charge is -2.27. The maximum absolute atomic E-state index is 12.5. The Labute approximate surface area is 129 Å². The molecular weight excluding hydrogens is 284 g/mol. The van der Waals surface area contributed by atoms with Crippen LogP contribution in [-0.4, -0.2) is 33.3 Å². The lowest BCUT2D eigenvalue weighted by atomic mass is 10.0. The van der Waals surface area contributed by atoms with Gasteiger partial charge in [-0.25, -0.2) is 10.0 Å². The van der Waals surface area contributed by atoms with Gasteiger partial charge in [-0.3, -0.25) is 10.1 Å². The Kier molecular flexibility index (Phi) is 3.74. The van der Waals surface area contributed by atoms with Gasteiger partial charge < -0.3 is 0 Å². The fraction of sp³-hybridized carbons (Fsp3) is 0.562. The highest BCUT2D eigenvalue weighted by atomic mass is 16.6. The van der Waals surface area contributed by atoms with Crippen LogP contribution in [0, 0.1) is 16.0 Å². The molecule has 22 heavy (non-hydrogen) atoms. The van der Waals surface area contributed by atoms with Crippen molar-refractivity contribution in [3.63, 3.8) is 0 Å². The van der Waals surface area contributed by atoms with Crippen molar-refractivity contribution in [2.75, 3.05) is 6.54 Å². The average molecular weight is 305 g/mol. The van der Waals surface area contributed by atoms with Gasteiger partial charge in [0.2, 0.25) is 0 Å². The number of benzene rings is 1. The number of hydrogen-bond acceptors (Lipinski definition) is 4. The van der Waals surface area contributed by atoms with Crippen molar-refractivity contribution in [3.05, 3.63) is 39.4 Å². The normalized spacial score (nSPS) is 30.3. The summed E-state index contributed by atoms with van der Waals surface area (Å²) in [5.74, 6) is 0.0248. The number of nitro benzene ring substituents is 1. The standard InChI is InChI=1S/C16H21N2O4/c1-11-3-2-6-18(11,22)16(19)9-12-7-13-4-5-15(17(20)21)10-14(13)8-12/h4-5,10-12,22H,2-3,6-9H2,1H3/q+1/t11?,12-,18+/m1/s1. The number of likely N-dealkylation sites (tertiary alicyclic amines) is 1. The third-order valence-electron chi connectivity index (χ3n) is 5.16. The molecule has 0 aromatic heterocycles. The van der Waals surface area contributed by atoms with Gasteiger partial charge >= 0.3 is 5.91 Å². The number of carbonyl (C=O) groups is 1. The maximum atomic E-state index is 12.5. The number of hydrogen-bond donors (Lipinski definition) is 1. The molecule has 0 radical (unpaired) electrons. The van der Waals surface area contributed by atoms with E-state index in [9.17, 15) is 20.1 Å². The first-order valence-corrected chi connectivity index (χ1v) is 7.80. The fourth-order valence-electron chi connectivity index (χ4n) is 3.79. The van der Waals surface area contributed by atoms with E-state index in [1.165, 1.54) is 6.07 Å². The van der Waals surface area contributed by atoms with E-state index in [1.54, 1.807) is 12.1 Å². The van der Waals surface area contributed by atoms with E-state index in [4.69, 9.17) is 0 Å². The lowest BCUT2D eigenvalue weighted by molar-refractivity contribution is -1.05. The molecule has 0 spiro atoms. The minimum Gasteiger partial charge on any atom is -0.258 e. The second-order valence-corrected chi connectivity index (χ2v) is 6.62. The van der Waals surface area contributed by atoms with Crippen LogP contribution in [0.15, 0.2) is 18.2 Å². The van der Waals surface area contributed by atoms with Crippen molar-refractivity contribution in [1.82, 2.24) is 0 Å². The van der Waals surface area contributed by atoms with Crippen molar-refractivity contribution in [2.45, 2.75) is 45.1 Å². The molecular formula is C16H21N2O4+. The minimum atomic E-state index is -0.438. The van der Waals surface area contributed by atoms with E-state index >= 15 is 0 Å². The lowest BCUT2D eigenvalue weighted by Crippen LogP contribution is -2.52. The summed E-state index contributed by atoms with van der Waals surface area (Å²) in [4.78, 5) is 22.9. The molecule has 1 aliphatic heterocycles. The zero-order valence-corrected chi connectivity index (χ0v) is 12.7. The van der Waals surface area contributed by atoms with Gasteiger partial charge in [0, 0.05) is 25.0 Å².